The Morgan fingerprint density at radius 2 is 1.65 bits per heavy atom. The lowest BCUT2D eigenvalue weighted by molar-refractivity contribution is -0.141. The molecule has 2 bridgehead atoms. The first-order valence-corrected chi connectivity index (χ1v) is 8.76. The van der Waals surface area contributed by atoms with Gasteiger partial charge in [0.1, 0.15) is 0 Å². The Hall–Kier alpha value is -1.32. The Balaban J connectivity index is 1.46. The predicted molar refractivity (Wildman–Crippen MR) is 86.8 cm³/mol. The normalized spacial score (nSPS) is 35.5. The molecule has 1 aromatic carbocycles. The van der Waals surface area contributed by atoms with E-state index in [1.165, 1.54) is 4.90 Å². The molecular formula is C18H15Cl2NO2. The molecule has 1 aromatic rings. The third-order valence-corrected chi connectivity index (χ3v) is 6.87. The van der Waals surface area contributed by atoms with Gasteiger partial charge in [-0.05, 0) is 47.8 Å². The summed E-state index contributed by atoms with van der Waals surface area (Å²) in [5, 5.41) is 1.04. The Kier molecular flexibility index (Phi) is 2.69. The lowest BCUT2D eigenvalue weighted by atomic mass is 9.85. The van der Waals surface area contributed by atoms with Crippen LogP contribution >= 0.6 is 23.2 Å². The van der Waals surface area contributed by atoms with Gasteiger partial charge in [-0.1, -0.05) is 41.4 Å². The minimum atomic E-state index is -0.147. The van der Waals surface area contributed by atoms with Gasteiger partial charge in [0.2, 0.25) is 11.8 Å². The summed E-state index contributed by atoms with van der Waals surface area (Å²) in [6.45, 7) is 0.243. The molecule has 118 valence electrons. The van der Waals surface area contributed by atoms with Crippen molar-refractivity contribution < 1.29 is 9.59 Å². The largest absolute Gasteiger partial charge is 0.278 e. The van der Waals surface area contributed by atoms with E-state index in [0.717, 1.165) is 18.4 Å². The number of nitrogens with zero attached hydrogens (tertiary/aromatic N) is 1. The number of hydrogen-bond donors (Lipinski definition) is 0. The van der Waals surface area contributed by atoms with Crippen molar-refractivity contribution in [1.82, 2.24) is 4.90 Å². The van der Waals surface area contributed by atoms with Crippen molar-refractivity contribution >= 4 is 35.0 Å². The van der Waals surface area contributed by atoms with Crippen molar-refractivity contribution in [3.63, 3.8) is 0 Å². The van der Waals surface area contributed by atoms with E-state index >= 15 is 0 Å². The van der Waals surface area contributed by atoms with E-state index in [-0.39, 0.29) is 47.4 Å². The van der Waals surface area contributed by atoms with E-state index in [0.29, 0.717) is 10.0 Å². The molecule has 4 atom stereocenters. The van der Waals surface area contributed by atoms with Crippen LogP contribution in [0, 0.1) is 29.1 Å². The first-order chi connectivity index (χ1) is 11.0. The maximum absolute atomic E-state index is 12.9. The van der Waals surface area contributed by atoms with Gasteiger partial charge in [0.15, 0.2) is 0 Å². The number of rotatable bonds is 2. The fourth-order valence-electron chi connectivity index (χ4n) is 5.12. The number of carbonyl (C=O) groups excluding carboxylic acids is 2. The summed E-state index contributed by atoms with van der Waals surface area (Å²) in [5.74, 6) is 0.194. The fourth-order valence-corrected chi connectivity index (χ4v) is 5.58. The molecule has 5 heteroatoms. The van der Waals surface area contributed by atoms with E-state index in [9.17, 15) is 9.59 Å². The maximum atomic E-state index is 12.9. The van der Waals surface area contributed by atoms with E-state index in [2.05, 4.69) is 12.2 Å². The van der Waals surface area contributed by atoms with Gasteiger partial charge in [-0.25, -0.2) is 0 Å². The van der Waals surface area contributed by atoms with Crippen molar-refractivity contribution in [2.75, 3.05) is 0 Å². The Labute approximate surface area is 144 Å². The average Bonchev–Trinajstić information content (AvgIpc) is 3.12. The van der Waals surface area contributed by atoms with Crippen molar-refractivity contribution in [1.29, 1.82) is 0 Å². The van der Waals surface area contributed by atoms with Crippen LogP contribution in [0.1, 0.15) is 18.4 Å². The third kappa shape index (κ3) is 1.67. The van der Waals surface area contributed by atoms with E-state index in [1.807, 2.05) is 0 Å². The molecule has 3 aliphatic carbocycles. The molecule has 2 amide bonds. The highest BCUT2D eigenvalue weighted by molar-refractivity contribution is 6.35. The zero-order valence-corrected chi connectivity index (χ0v) is 13.8. The van der Waals surface area contributed by atoms with Crippen molar-refractivity contribution in [2.45, 2.75) is 19.4 Å². The molecule has 0 unspecified atom stereocenters. The molecule has 1 heterocycles. The molecule has 3 fully saturated rings. The lowest BCUT2D eigenvalue weighted by Gasteiger charge is -2.22. The first-order valence-electron chi connectivity index (χ1n) is 8.00. The highest BCUT2D eigenvalue weighted by atomic mass is 35.5. The minimum absolute atomic E-state index is 0.0193. The number of carbonyl (C=O) groups is 2. The molecule has 23 heavy (non-hydrogen) atoms. The van der Waals surface area contributed by atoms with Crippen molar-refractivity contribution in [3.05, 3.63) is 46.0 Å². The van der Waals surface area contributed by atoms with Gasteiger partial charge in [0.25, 0.3) is 0 Å². The summed E-state index contributed by atoms with van der Waals surface area (Å²) >= 11 is 12.1. The molecule has 0 radical (unpaired) electrons. The van der Waals surface area contributed by atoms with Crippen molar-refractivity contribution in [3.8, 4) is 0 Å². The van der Waals surface area contributed by atoms with Gasteiger partial charge < -0.3 is 0 Å². The number of allylic oxidation sites excluding steroid dienone is 2. The Morgan fingerprint density at radius 3 is 2.17 bits per heavy atom. The molecule has 0 aromatic heterocycles. The summed E-state index contributed by atoms with van der Waals surface area (Å²) in [6, 6.07) is 5.17. The number of amides is 2. The van der Waals surface area contributed by atoms with Crippen LogP contribution in [-0.2, 0) is 16.1 Å². The van der Waals surface area contributed by atoms with E-state index < -0.39 is 0 Å². The highest BCUT2D eigenvalue weighted by Gasteiger charge is 2.73. The van der Waals surface area contributed by atoms with Crippen LogP contribution in [0.5, 0.6) is 0 Å². The van der Waals surface area contributed by atoms with Crippen molar-refractivity contribution in [2.24, 2.45) is 29.1 Å². The topological polar surface area (TPSA) is 37.4 Å². The Bertz CT molecular complexity index is 749. The van der Waals surface area contributed by atoms with Crippen LogP contribution in [-0.4, -0.2) is 16.7 Å². The molecule has 1 spiro atoms. The van der Waals surface area contributed by atoms with Gasteiger partial charge in [0, 0.05) is 10.0 Å². The molecule has 2 saturated carbocycles. The second-order valence-electron chi connectivity index (χ2n) is 7.22. The molecule has 0 N–H and O–H groups in total. The van der Waals surface area contributed by atoms with E-state index in [4.69, 9.17) is 23.2 Å². The summed E-state index contributed by atoms with van der Waals surface area (Å²) in [7, 11) is 0. The smallest absolute Gasteiger partial charge is 0.234 e. The molecule has 4 aliphatic rings. The average molecular weight is 348 g/mol. The zero-order valence-electron chi connectivity index (χ0n) is 12.3. The summed E-state index contributed by atoms with van der Waals surface area (Å²) in [4.78, 5) is 27.2. The van der Waals surface area contributed by atoms with Gasteiger partial charge >= 0.3 is 0 Å². The SMILES string of the molecule is O=C1[C@H]2[C@H](C(=O)N1Cc1ccc(Cl)cc1Cl)[C@H]1C=C[C@H]2C12CC2. The fraction of sp³-hybridized carbons (Fsp3) is 0.444. The second-order valence-corrected chi connectivity index (χ2v) is 8.06. The number of fused-ring (bicyclic) bond motifs is 3. The predicted octanol–water partition coefficient (Wildman–Crippen LogP) is 3.69. The van der Waals surface area contributed by atoms with Crippen LogP contribution in [0.25, 0.3) is 0 Å². The van der Waals surface area contributed by atoms with Gasteiger partial charge in [-0.3, -0.25) is 14.5 Å². The van der Waals surface area contributed by atoms with Gasteiger partial charge in [-0.15, -0.1) is 0 Å². The summed E-state index contributed by atoms with van der Waals surface area (Å²) in [5.41, 5.74) is 1.00. The van der Waals surface area contributed by atoms with E-state index in [1.54, 1.807) is 18.2 Å². The van der Waals surface area contributed by atoms with Crippen LogP contribution in [0.3, 0.4) is 0 Å². The molecule has 1 aliphatic heterocycles. The summed E-state index contributed by atoms with van der Waals surface area (Å²) < 4.78 is 0. The third-order valence-electron chi connectivity index (χ3n) is 6.29. The van der Waals surface area contributed by atoms with Gasteiger partial charge in [0.05, 0.1) is 18.4 Å². The number of benzene rings is 1. The molecule has 3 nitrogen and oxygen atoms in total. The number of halogens is 2. The second kappa shape index (κ2) is 4.40. The minimum Gasteiger partial charge on any atom is -0.278 e. The standard InChI is InChI=1S/C18H15Cl2NO2/c19-10-2-1-9(13(20)7-10)8-21-16(22)14-11-3-4-12(15(14)17(21)23)18(11)5-6-18/h1-4,7,11-12,14-15H,5-6,8H2/t11-,12-,14-,15-/m1/s1. The van der Waals surface area contributed by atoms with Gasteiger partial charge in [-0.2, -0.15) is 0 Å². The monoisotopic (exact) mass is 347 g/mol. The highest BCUT2D eigenvalue weighted by Crippen LogP contribution is 2.73. The first kappa shape index (κ1) is 14.1. The maximum Gasteiger partial charge on any atom is 0.234 e. The van der Waals surface area contributed by atoms with Crippen LogP contribution < -0.4 is 0 Å². The molecule has 5 rings (SSSR count). The number of likely N-dealkylation sites (tertiary alicyclic amines) is 1. The zero-order chi connectivity index (χ0) is 15.9. The molecule has 1 saturated heterocycles. The van der Waals surface area contributed by atoms with Crippen LogP contribution in [0.4, 0.5) is 0 Å². The number of hydrogen-bond acceptors (Lipinski definition) is 2. The van der Waals surface area contributed by atoms with Crippen LogP contribution in [0.2, 0.25) is 10.0 Å². The lowest BCUT2D eigenvalue weighted by Crippen LogP contribution is -2.34. The molecular weight excluding hydrogens is 333 g/mol. The summed E-state index contributed by atoms with van der Waals surface area (Å²) in [6.07, 6.45) is 6.68. The Morgan fingerprint density at radius 1 is 1.04 bits per heavy atom. The van der Waals surface area contributed by atoms with Crippen LogP contribution in [0.15, 0.2) is 30.4 Å². The number of imide groups is 1. The quantitative estimate of drug-likeness (QED) is 0.604.